The fourth-order valence-corrected chi connectivity index (χ4v) is 1.56. The molecule has 1 aromatic carbocycles. The summed E-state index contributed by atoms with van der Waals surface area (Å²) in [6.07, 6.45) is 3.27. The van der Waals surface area contributed by atoms with Crippen molar-refractivity contribution in [1.82, 2.24) is 5.32 Å². The van der Waals surface area contributed by atoms with Gasteiger partial charge in [-0.05, 0) is 18.2 Å². The van der Waals surface area contributed by atoms with Crippen molar-refractivity contribution >= 4 is 11.6 Å². The summed E-state index contributed by atoms with van der Waals surface area (Å²) in [7, 11) is 0. The summed E-state index contributed by atoms with van der Waals surface area (Å²) in [6.45, 7) is 1.12. The third-order valence-corrected chi connectivity index (χ3v) is 2.47. The Morgan fingerprint density at radius 1 is 1.25 bits per heavy atom. The zero-order chi connectivity index (χ0) is 11.4. The van der Waals surface area contributed by atoms with Gasteiger partial charge in [0.1, 0.15) is 5.82 Å². The summed E-state index contributed by atoms with van der Waals surface area (Å²) in [5.74, 6) is -0.285. The molecular weight excluding hydrogens is 229 g/mol. The van der Waals surface area contributed by atoms with Gasteiger partial charge in [0.2, 0.25) is 0 Å². The third-order valence-electron chi connectivity index (χ3n) is 2.24. The van der Waals surface area contributed by atoms with Crippen LogP contribution >= 0.6 is 11.6 Å². The number of furan rings is 1. The van der Waals surface area contributed by atoms with Crippen molar-refractivity contribution in [3.63, 3.8) is 0 Å². The molecular formula is C12H11ClFNO. The van der Waals surface area contributed by atoms with Crippen molar-refractivity contribution < 1.29 is 8.81 Å². The summed E-state index contributed by atoms with van der Waals surface area (Å²) < 4.78 is 18.3. The summed E-state index contributed by atoms with van der Waals surface area (Å²) in [4.78, 5) is 0. The molecule has 0 aliphatic heterocycles. The highest BCUT2D eigenvalue weighted by molar-refractivity contribution is 6.30. The molecule has 1 heterocycles. The molecule has 1 N–H and O–H groups in total. The molecule has 0 atom stereocenters. The van der Waals surface area contributed by atoms with Crippen LogP contribution in [0.2, 0.25) is 5.02 Å². The number of nitrogens with one attached hydrogen (secondary N) is 1. The first kappa shape index (κ1) is 11.2. The smallest absolute Gasteiger partial charge is 0.129 e. The number of rotatable bonds is 4. The van der Waals surface area contributed by atoms with Crippen LogP contribution < -0.4 is 5.32 Å². The molecule has 2 aromatic rings. The fraction of sp³-hybridized carbons (Fsp3) is 0.167. The van der Waals surface area contributed by atoms with Crippen molar-refractivity contribution in [3.8, 4) is 0 Å². The van der Waals surface area contributed by atoms with Gasteiger partial charge in [-0.2, -0.15) is 0 Å². The van der Waals surface area contributed by atoms with Gasteiger partial charge < -0.3 is 9.73 Å². The average Bonchev–Trinajstić information content (AvgIpc) is 2.74. The maximum Gasteiger partial charge on any atom is 0.129 e. The average molecular weight is 240 g/mol. The normalized spacial score (nSPS) is 10.6. The van der Waals surface area contributed by atoms with Gasteiger partial charge in [0.25, 0.3) is 0 Å². The maximum atomic E-state index is 13.4. The molecule has 1 aromatic heterocycles. The van der Waals surface area contributed by atoms with Crippen LogP contribution in [0.15, 0.2) is 41.2 Å². The summed E-state index contributed by atoms with van der Waals surface area (Å²) in [5.41, 5.74) is 1.64. The Morgan fingerprint density at radius 3 is 2.81 bits per heavy atom. The van der Waals surface area contributed by atoms with Crippen LogP contribution in [0.5, 0.6) is 0 Å². The lowest BCUT2D eigenvalue weighted by molar-refractivity contribution is 0.557. The molecule has 16 heavy (non-hydrogen) atoms. The van der Waals surface area contributed by atoms with Crippen molar-refractivity contribution in [1.29, 1.82) is 0 Å². The molecule has 0 spiro atoms. The van der Waals surface area contributed by atoms with E-state index in [1.54, 1.807) is 24.7 Å². The van der Waals surface area contributed by atoms with E-state index in [4.69, 9.17) is 16.0 Å². The summed E-state index contributed by atoms with van der Waals surface area (Å²) in [6, 6.07) is 6.54. The van der Waals surface area contributed by atoms with E-state index in [0.29, 0.717) is 23.7 Å². The van der Waals surface area contributed by atoms with E-state index in [9.17, 15) is 4.39 Å². The Bertz CT molecular complexity index is 456. The van der Waals surface area contributed by atoms with Gasteiger partial charge >= 0.3 is 0 Å². The molecule has 0 saturated heterocycles. The molecule has 0 aliphatic rings. The van der Waals surface area contributed by atoms with Gasteiger partial charge in [-0.25, -0.2) is 4.39 Å². The minimum absolute atomic E-state index is 0.285. The Labute approximate surface area is 98.0 Å². The van der Waals surface area contributed by atoms with Crippen LogP contribution in [0, 0.1) is 5.82 Å². The summed E-state index contributed by atoms with van der Waals surface area (Å²) in [5, 5.41) is 3.53. The molecule has 0 unspecified atom stereocenters. The first-order chi connectivity index (χ1) is 7.75. The quantitative estimate of drug-likeness (QED) is 0.885. The maximum absolute atomic E-state index is 13.4. The van der Waals surface area contributed by atoms with Gasteiger partial charge in [0, 0.05) is 29.2 Å². The summed E-state index contributed by atoms with van der Waals surface area (Å²) >= 11 is 5.66. The molecule has 4 heteroatoms. The Hall–Kier alpha value is -1.32. The van der Waals surface area contributed by atoms with E-state index in [2.05, 4.69) is 5.32 Å². The standard InChI is InChI=1S/C12H11ClFNO/c13-11-2-1-10(12(14)5-11)7-15-6-9-3-4-16-8-9/h1-5,8,15H,6-7H2. The van der Waals surface area contributed by atoms with Crippen LogP contribution in [0.4, 0.5) is 4.39 Å². The van der Waals surface area contributed by atoms with E-state index >= 15 is 0 Å². The molecule has 84 valence electrons. The highest BCUT2D eigenvalue weighted by Crippen LogP contribution is 2.14. The number of halogens is 2. The van der Waals surface area contributed by atoms with Gasteiger partial charge in [0.15, 0.2) is 0 Å². The number of benzene rings is 1. The predicted octanol–water partition coefficient (Wildman–Crippen LogP) is 3.36. The molecule has 2 rings (SSSR count). The second-order valence-corrected chi connectivity index (χ2v) is 3.91. The highest BCUT2D eigenvalue weighted by atomic mass is 35.5. The molecule has 0 saturated carbocycles. The Kier molecular flexibility index (Phi) is 3.59. The van der Waals surface area contributed by atoms with Gasteiger partial charge in [-0.15, -0.1) is 0 Å². The first-order valence-corrected chi connectivity index (χ1v) is 5.29. The van der Waals surface area contributed by atoms with Crippen molar-refractivity contribution in [3.05, 3.63) is 58.8 Å². The topological polar surface area (TPSA) is 25.2 Å². The van der Waals surface area contributed by atoms with Gasteiger partial charge in [0.05, 0.1) is 12.5 Å². The van der Waals surface area contributed by atoms with Crippen molar-refractivity contribution in [2.45, 2.75) is 13.1 Å². The molecule has 2 nitrogen and oxygen atoms in total. The van der Waals surface area contributed by atoms with Crippen LogP contribution in [-0.4, -0.2) is 0 Å². The van der Waals surface area contributed by atoms with Crippen LogP contribution in [-0.2, 0) is 13.1 Å². The third kappa shape index (κ3) is 2.84. The van der Waals surface area contributed by atoms with Crippen molar-refractivity contribution in [2.75, 3.05) is 0 Å². The minimum atomic E-state index is -0.285. The lowest BCUT2D eigenvalue weighted by Crippen LogP contribution is -2.13. The fourth-order valence-electron chi connectivity index (χ4n) is 1.40. The van der Waals surface area contributed by atoms with Crippen molar-refractivity contribution in [2.24, 2.45) is 0 Å². The minimum Gasteiger partial charge on any atom is -0.472 e. The molecule has 0 aliphatic carbocycles. The molecule has 0 fully saturated rings. The second kappa shape index (κ2) is 5.14. The van der Waals surface area contributed by atoms with Crippen LogP contribution in [0.25, 0.3) is 0 Å². The Morgan fingerprint density at radius 2 is 2.12 bits per heavy atom. The monoisotopic (exact) mass is 239 g/mol. The molecule has 0 amide bonds. The van der Waals surface area contributed by atoms with E-state index in [1.165, 1.54) is 6.07 Å². The Balaban J connectivity index is 1.90. The predicted molar refractivity (Wildman–Crippen MR) is 60.7 cm³/mol. The largest absolute Gasteiger partial charge is 0.472 e. The zero-order valence-corrected chi connectivity index (χ0v) is 9.30. The molecule has 0 radical (unpaired) electrons. The van der Waals surface area contributed by atoms with E-state index in [-0.39, 0.29) is 5.82 Å². The van der Waals surface area contributed by atoms with Gasteiger partial charge in [-0.3, -0.25) is 0 Å². The highest BCUT2D eigenvalue weighted by Gasteiger charge is 2.02. The number of hydrogen-bond donors (Lipinski definition) is 1. The first-order valence-electron chi connectivity index (χ1n) is 4.91. The molecule has 0 bridgehead atoms. The number of hydrogen-bond acceptors (Lipinski definition) is 2. The van der Waals surface area contributed by atoms with E-state index in [1.807, 2.05) is 6.07 Å². The van der Waals surface area contributed by atoms with Crippen LogP contribution in [0.3, 0.4) is 0 Å². The van der Waals surface area contributed by atoms with E-state index < -0.39 is 0 Å². The van der Waals surface area contributed by atoms with Crippen LogP contribution in [0.1, 0.15) is 11.1 Å². The zero-order valence-electron chi connectivity index (χ0n) is 8.54. The lowest BCUT2D eigenvalue weighted by Gasteiger charge is -2.04. The van der Waals surface area contributed by atoms with E-state index in [0.717, 1.165) is 5.56 Å². The SMILES string of the molecule is Fc1cc(Cl)ccc1CNCc1ccoc1. The van der Waals surface area contributed by atoms with Gasteiger partial charge in [-0.1, -0.05) is 17.7 Å². The lowest BCUT2D eigenvalue weighted by atomic mass is 10.2. The second-order valence-electron chi connectivity index (χ2n) is 3.47.